The van der Waals surface area contributed by atoms with Crippen LogP contribution in [0.4, 0.5) is 5.82 Å². The van der Waals surface area contributed by atoms with Gasteiger partial charge in [0, 0.05) is 12.6 Å². The molecule has 1 rings (SSSR count). The normalized spacial score (nSPS) is 10.1. The first-order chi connectivity index (χ1) is 6.72. The van der Waals surface area contributed by atoms with Gasteiger partial charge >= 0.3 is 0 Å². The Kier molecular flexibility index (Phi) is 4.16. The van der Waals surface area contributed by atoms with Crippen molar-refractivity contribution in [2.24, 2.45) is 0 Å². The van der Waals surface area contributed by atoms with Crippen LogP contribution in [-0.4, -0.2) is 16.5 Å². The monoisotopic (exact) mass is 195 g/mol. The van der Waals surface area contributed by atoms with Gasteiger partial charge in [0.1, 0.15) is 11.6 Å². The lowest BCUT2D eigenvalue weighted by Crippen LogP contribution is -2.12. The molecule has 0 aliphatic carbocycles. The minimum atomic E-state index is -0.101. The van der Waals surface area contributed by atoms with Crippen molar-refractivity contribution < 1.29 is 0 Å². The summed E-state index contributed by atoms with van der Waals surface area (Å²) in [6.07, 6.45) is 3.52. The Balaban J connectivity index is 2.46. The van der Waals surface area contributed by atoms with E-state index in [1.807, 2.05) is 0 Å². The van der Waals surface area contributed by atoms with E-state index in [9.17, 15) is 4.79 Å². The van der Waals surface area contributed by atoms with Gasteiger partial charge in [-0.15, -0.1) is 0 Å². The molecule has 0 fully saturated rings. The lowest BCUT2D eigenvalue weighted by Gasteiger charge is -2.04. The van der Waals surface area contributed by atoms with Gasteiger partial charge in [0.05, 0.1) is 0 Å². The second-order valence-electron chi connectivity index (χ2n) is 3.35. The molecule has 0 atom stereocenters. The number of unbranched alkanes of at least 4 members (excludes halogenated alkanes) is 2. The van der Waals surface area contributed by atoms with Gasteiger partial charge < -0.3 is 10.3 Å². The SMILES string of the molecule is CCCCCNc1cc(=O)[nH]c(C)n1. The molecular formula is C10H17N3O. The van der Waals surface area contributed by atoms with Crippen molar-refractivity contribution in [3.8, 4) is 0 Å². The molecule has 14 heavy (non-hydrogen) atoms. The number of rotatable bonds is 5. The van der Waals surface area contributed by atoms with Crippen molar-refractivity contribution in [2.75, 3.05) is 11.9 Å². The minimum Gasteiger partial charge on any atom is -0.370 e. The number of aromatic nitrogens is 2. The highest BCUT2D eigenvalue weighted by molar-refractivity contribution is 5.32. The zero-order chi connectivity index (χ0) is 10.4. The maximum atomic E-state index is 11.1. The van der Waals surface area contributed by atoms with Crippen LogP contribution in [-0.2, 0) is 0 Å². The zero-order valence-corrected chi connectivity index (χ0v) is 8.76. The zero-order valence-electron chi connectivity index (χ0n) is 8.76. The minimum absolute atomic E-state index is 0.101. The third kappa shape index (κ3) is 3.60. The van der Waals surface area contributed by atoms with Gasteiger partial charge in [-0.1, -0.05) is 19.8 Å². The highest BCUT2D eigenvalue weighted by Crippen LogP contribution is 1.99. The highest BCUT2D eigenvalue weighted by atomic mass is 16.1. The lowest BCUT2D eigenvalue weighted by atomic mass is 10.2. The number of H-pyrrole nitrogens is 1. The summed E-state index contributed by atoms with van der Waals surface area (Å²) in [6.45, 7) is 4.82. The molecular weight excluding hydrogens is 178 g/mol. The Labute approximate surface area is 83.8 Å². The Morgan fingerprint density at radius 1 is 1.50 bits per heavy atom. The molecule has 0 unspecified atom stereocenters. The van der Waals surface area contributed by atoms with Crippen LogP contribution in [0.3, 0.4) is 0 Å². The van der Waals surface area contributed by atoms with Gasteiger partial charge in [0.2, 0.25) is 0 Å². The van der Waals surface area contributed by atoms with Crippen LogP contribution in [0.15, 0.2) is 10.9 Å². The molecule has 0 aromatic carbocycles. The molecule has 78 valence electrons. The summed E-state index contributed by atoms with van der Waals surface area (Å²) in [5, 5.41) is 3.13. The lowest BCUT2D eigenvalue weighted by molar-refractivity contribution is 0.741. The fourth-order valence-electron chi connectivity index (χ4n) is 1.26. The smallest absolute Gasteiger partial charge is 0.252 e. The Morgan fingerprint density at radius 3 is 2.93 bits per heavy atom. The molecule has 1 heterocycles. The highest BCUT2D eigenvalue weighted by Gasteiger charge is 1.96. The van der Waals surface area contributed by atoms with E-state index in [0.29, 0.717) is 11.6 Å². The van der Waals surface area contributed by atoms with Crippen LogP contribution in [0, 0.1) is 6.92 Å². The number of hydrogen-bond acceptors (Lipinski definition) is 3. The number of nitrogens with one attached hydrogen (secondary N) is 2. The Bertz CT molecular complexity index is 332. The van der Waals surface area contributed by atoms with Crippen LogP contribution in [0.2, 0.25) is 0 Å². The quantitative estimate of drug-likeness (QED) is 0.703. The van der Waals surface area contributed by atoms with E-state index in [2.05, 4.69) is 22.2 Å². The maximum Gasteiger partial charge on any atom is 0.252 e. The molecule has 1 aromatic rings. The summed E-state index contributed by atoms with van der Waals surface area (Å²) in [4.78, 5) is 17.8. The van der Waals surface area contributed by atoms with Crippen LogP contribution >= 0.6 is 0 Å². The van der Waals surface area contributed by atoms with E-state index in [0.717, 1.165) is 13.0 Å². The van der Waals surface area contributed by atoms with Crippen LogP contribution in [0.5, 0.6) is 0 Å². The summed E-state index contributed by atoms with van der Waals surface area (Å²) in [5.41, 5.74) is -0.101. The summed E-state index contributed by atoms with van der Waals surface area (Å²) in [6, 6.07) is 1.49. The van der Waals surface area contributed by atoms with Gasteiger partial charge in [-0.3, -0.25) is 4.79 Å². The van der Waals surface area contributed by atoms with Gasteiger partial charge in [0.25, 0.3) is 5.56 Å². The van der Waals surface area contributed by atoms with Crippen LogP contribution < -0.4 is 10.9 Å². The average molecular weight is 195 g/mol. The summed E-state index contributed by atoms with van der Waals surface area (Å²) in [7, 11) is 0. The third-order valence-corrected chi connectivity index (χ3v) is 1.95. The summed E-state index contributed by atoms with van der Waals surface area (Å²) >= 11 is 0. The molecule has 0 radical (unpaired) electrons. The first-order valence-electron chi connectivity index (χ1n) is 5.04. The number of anilines is 1. The van der Waals surface area contributed by atoms with Crippen LogP contribution in [0.1, 0.15) is 32.0 Å². The first kappa shape index (κ1) is 10.8. The predicted octanol–water partition coefficient (Wildman–Crippen LogP) is 1.68. The molecule has 4 heteroatoms. The standard InChI is InChI=1S/C10H17N3O/c1-3-4-5-6-11-9-7-10(14)13-8(2)12-9/h7H,3-6H2,1-2H3,(H2,11,12,13,14). The molecule has 0 aliphatic heterocycles. The van der Waals surface area contributed by atoms with E-state index in [1.54, 1.807) is 6.92 Å². The van der Waals surface area contributed by atoms with E-state index < -0.39 is 0 Å². The summed E-state index contributed by atoms with van der Waals surface area (Å²) < 4.78 is 0. The average Bonchev–Trinajstić information content (AvgIpc) is 2.11. The van der Waals surface area contributed by atoms with E-state index in [4.69, 9.17) is 0 Å². The molecule has 1 aromatic heterocycles. The summed E-state index contributed by atoms with van der Waals surface area (Å²) in [5.74, 6) is 1.32. The molecule has 0 saturated carbocycles. The van der Waals surface area contributed by atoms with E-state index in [-0.39, 0.29) is 5.56 Å². The predicted molar refractivity (Wildman–Crippen MR) is 57.6 cm³/mol. The largest absolute Gasteiger partial charge is 0.370 e. The number of hydrogen-bond donors (Lipinski definition) is 2. The number of aryl methyl sites for hydroxylation is 1. The molecule has 0 aliphatic rings. The van der Waals surface area contributed by atoms with E-state index in [1.165, 1.54) is 18.9 Å². The molecule has 0 bridgehead atoms. The molecule has 0 saturated heterocycles. The van der Waals surface area contributed by atoms with Crippen molar-refractivity contribution >= 4 is 5.82 Å². The van der Waals surface area contributed by atoms with Crippen molar-refractivity contribution in [1.29, 1.82) is 0 Å². The van der Waals surface area contributed by atoms with Gasteiger partial charge in [-0.05, 0) is 13.3 Å². The van der Waals surface area contributed by atoms with E-state index >= 15 is 0 Å². The Hall–Kier alpha value is -1.32. The van der Waals surface area contributed by atoms with Crippen molar-refractivity contribution in [2.45, 2.75) is 33.1 Å². The molecule has 0 spiro atoms. The molecule has 0 amide bonds. The first-order valence-corrected chi connectivity index (χ1v) is 5.04. The Morgan fingerprint density at radius 2 is 2.29 bits per heavy atom. The van der Waals surface area contributed by atoms with Crippen molar-refractivity contribution in [3.05, 3.63) is 22.2 Å². The second kappa shape index (κ2) is 5.42. The molecule has 4 nitrogen and oxygen atoms in total. The second-order valence-corrected chi connectivity index (χ2v) is 3.35. The molecule has 2 N–H and O–H groups in total. The fraction of sp³-hybridized carbons (Fsp3) is 0.600. The number of aromatic amines is 1. The van der Waals surface area contributed by atoms with Crippen molar-refractivity contribution in [1.82, 2.24) is 9.97 Å². The number of nitrogens with zero attached hydrogens (tertiary/aromatic N) is 1. The van der Waals surface area contributed by atoms with Gasteiger partial charge in [-0.2, -0.15) is 0 Å². The van der Waals surface area contributed by atoms with Gasteiger partial charge in [0.15, 0.2) is 0 Å². The van der Waals surface area contributed by atoms with Crippen LogP contribution in [0.25, 0.3) is 0 Å². The van der Waals surface area contributed by atoms with Gasteiger partial charge in [-0.25, -0.2) is 4.98 Å². The topological polar surface area (TPSA) is 57.8 Å². The maximum absolute atomic E-state index is 11.1. The third-order valence-electron chi connectivity index (χ3n) is 1.95. The fourth-order valence-corrected chi connectivity index (χ4v) is 1.26. The van der Waals surface area contributed by atoms with Crippen molar-refractivity contribution in [3.63, 3.8) is 0 Å².